The van der Waals surface area contributed by atoms with Gasteiger partial charge in [0, 0.05) is 0 Å². The summed E-state index contributed by atoms with van der Waals surface area (Å²) < 4.78 is 4.82. The van der Waals surface area contributed by atoms with Gasteiger partial charge in [-0.2, -0.15) is 0 Å². The topological polar surface area (TPSA) is 34.8 Å². The molecule has 0 bridgehead atoms. The molecular weight excluding hydrogens is 150 g/mol. The molecule has 0 aromatic rings. The van der Waals surface area contributed by atoms with Crippen LogP contribution < -0.4 is 17.8 Å². The van der Waals surface area contributed by atoms with E-state index in [2.05, 4.69) is 20.8 Å². The summed E-state index contributed by atoms with van der Waals surface area (Å²) in [4.78, 5) is 0. The third-order valence-corrected chi connectivity index (χ3v) is 0.967. The highest BCUT2D eigenvalue weighted by Gasteiger charge is 2.16. The average Bonchev–Trinajstić information content (AvgIpc) is 1.62. The third kappa shape index (κ3) is 7.76. The molecule has 0 saturated carbocycles. The molecular formula is C7H16ClNO. The van der Waals surface area contributed by atoms with Crippen LogP contribution in [-0.2, 0) is 4.74 Å². The molecule has 0 unspecified atom stereocenters. The Labute approximate surface area is 68.9 Å². The first kappa shape index (κ1) is 12.4. The lowest BCUT2D eigenvalue weighted by Gasteiger charge is -2.14. The number of nitrogens with two attached hydrogens (primary N) is 1. The van der Waals surface area contributed by atoms with Crippen LogP contribution in [-0.4, -0.2) is 13.0 Å². The van der Waals surface area contributed by atoms with E-state index in [4.69, 9.17) is 10.1 Å². The van der Waals surface area contributed by atoms with E-state index in [1.54, 1.807) is 7.11 Å². The van der Waals surface area contributed by atoms with Crippen molar-refractivity contribution in [1.29, 1.82) is 0 Å². The van der Waals surface area contributed by atoms with E-state index in [0.29, 0.717) is 5.90 Å². The molecule has 0 aromatic heterocycles. The Morgan fingerprint density at radius 3 is 1.90 bits per heavy atom. The van der Waals surface area contributed by atoms with E-state index in [-0.39, 0.29) is 17.8 Å². The largest absolute Gasteiger partial charge is 1.00 e. The fraction of sp³-hybridized carbons (Fsp3) is 0.857. The zero-order valence-electron chi connectivity index (χ0n) is 7.07. The minimum absolute atomic E-state index is 0. The summed E-state index contributed by atoms with van der Waals surface area (Å²) >= 11 is 0. The van der Waals surface area contributed by atoms with Gasteiger partial charge >= 0.3 is 5.90 Å². The van der Waals surface area contributed by atoms with Gasteiger partial charge in [-0.15, -0.1) is 0 Å². The molecule has 10 heavy (non-hydrogen) atoms. The molecule has 0 fully saturated rings. The summed E-state index contributed by atoms with van der Waals surface area (Å²) in [5, 5.41) is 5.45. The van der Waals surface area contributed by atoms with Crippen molar-refractivity contribution in [3.8, 4) is 0 Å². The Hall–Kier alpha value is -0.240. The second-order valence-corrected chi connectivity index (χ2v) is 3.41. The summed E-state index contributed by atoms with van der Waals surface area (Å²) in [5.74, 6) is 0.613. The predicted molar refractivity (Wildman–Crippen MR) is 38.0 cm³/mol. The number of hydrogen-bond donors (Lipinski definition) is 1. The van der Waals surface area contributed by atoms with Gasteiger partial charge in [0.15, 0.2) is 0 Å². The predicted octanol–water partition coefficient (Wildman–Crippen LogP) is -2.77. The second kappa shape index (κ2) is 4.56. The van der Waals surface area contributed by atoms with E-state index in [1.807, 2.05) is 0 Å². The molecule has 0 rings (SSSR count). The van der Waals surface area contributed by atoms with Crippen LogP contribution in [0.5, 0.6) is 0 Å². The summed E-state index contributed by atoms with van der Waals surface area (Å²) in [6.45, 7) is 6.37. The lowest BCUT2D eigenvalue weighted by atomic mass is 9.92. The molecule has 0 radical (unpaired) electrons. The molecule has 0 aliphatic rings. The Bertz CT molecular complexity index is 107. The van der Waals surface area contributed by atoms with Gasteiger partial charge in [-0.25, -0.2) is 5.41 Å². The molecule has 0 aromatic carbocycles. The molecule has 3 heteroatoms. The van der Waals surface area contributed by atoms with Gasteiger partial charge in [0.25, 0.3) is 0 Å². The molecule has 0 heterocycles. The van der Waals surface area contributed by atoms with Gasteiger partial charge < -0.3 is 17.1 Å². The fourth-order valence-corrected chi connectivity index (χ4v) is 0.595. The third-order valence-electron chi connectivity index (χ3n) is 0.967. The van der Waals surface area contributed by atoms with Crippen LogP contribution >= 0.6 is 0 Å². The Morgan fingerprint density at radius 1 is 1.40 bits per heavy atom. The van der Waals surface area contributed by atoms with E-state index in [1.165, 1.54) is 0 Å². The van der Waals surface area contributed by atoms with Crippen LogP contribution in [0.4, 0.5) is 0 Å². The number of halogens is 1. The summed E-state index contributed by atoms with van der Waals surface area (Å²) in [6.07, 6.45) is 0.823. The number of hydrogen-bond acceptors (Lipinski definition) is 1. The number of ether oxygens (including phenoxy) is 1. The Kier molecular flexibility index (Phi) is 5.67. The van der Waals surface area contributed by atoms with Crippen molar-refractivity contribution in [2.24, 2.45) is 5.41 Å². The van der Waals surface area contributed by atoms with Crippen molar-refractivity contribution in [3.05, 3.63) is 0 Å². The lowest BCUT2D eigenvalue weighted by molar-refractivity contribution is -0.142. The van der Waals surface area contributed by atoms with E-state index in [0.717, 1.165) is 6.42 Å². The van der Waals surface area contributed by atoms with Crippen molar-refractivity contribution in [2.45, 2.75) is 27.2 Å². The van der Waals surface area contributed by atoms with Gasteiger partial charge in [0.2, 0.25) is 0 Å². The molecule has 0 atom stereocenters. The Morgan fingerprint density at radius 2 is 1.80 bits per heavy atom. The fourth-order valence-electron chi connectivity index (χ4n) is 0.595. The van der Waals surface area contributed by atoms with Gasteiger partial charge in [-0.3, -0.25) is 0 Å². The van der Waals surface area contributed by atoms with Crippen molar-refractivity contribution in [1.82, 2.24) is 0 Å². The SMILES string of the molecule is COC(=[NH2+])CC(C)(C)C.[Cl-]. The second-order valence-electron chi connectivity index (χ2n) is 3.41. The quantitative estimate of drug-likeness (QED) is 0.332. The normalized spacial score (nSPS) is 10.0. The molecule has 62 valence electrons. The van der Waals surface area contributed by atoms with Crippen molar-refractivity contribution in [2.75, 3.05) is 7.11 Å². The highest BCUT2D eigenvalue weighted by atomic mass is 35.5. The first-order chi connectivity index (χ1) is 3.95. The maximum Gasteiger partial charge on any atom is 0.333 e. The highest BCUT2D eigenvalue weighted by Crippen LogP contribution is 2.17. The van der Waals surface area contributed by atoms with Crippen LogP contribution in [0, 0.1) is 5.41 Å². The maximum absolute atomic E-state index is 5.45. The number of rotatable bonds is 1. The van der Waals surface area contributed by atoms with Crippen LogP contribution in [0.25, 0.3) is 0 Å². The zero-order valence-corrected chi connectivity index (χ0v) is 7.83. The standard InChI is InChI=1S/C7H15NO.ClH/c1-7(2,3)5-6(8)9-4;/h8H,5H2,1-4H3;1H. The maximum atomic E-state index is 5.45. The van der Waals surface area contributed by atoms with Gasteiger partial charge in [0.1, 0.15) is 0 Å². The first-order valence-electron chi connectivity index (χ1n) is 3.11. The summed E-state index contributed by atoms with van der Waals surface area (Å²) in [6, 6.07) is 0. The van der Waals surface area contributed by atoms with Crippen LogP contribution in [0.15, 0.2) is 0 Å². The van der Waals surface area contributed by atoms with Crippen LogP contribution in [0.1, 0.15) is 27.2 Å². The van der Waals surface area contributed by atoms with Crippen molar-refractivity contribution >= 4 is 5.90 Å². The van der Waals surface area contributed by atoms with Gasteiger partial charge in [-0.05, 0) is 5.41 Å². The minimum Gasteiger partial charge on any atom is -1.00 e. The van der Waals surface area contributed by atoms with Gasteiger partial charge in [-0.1, -0.05) is 20.8 Å². The lowest BCUT2D eigenvalue weighted by Crippen LogP contribution is -3.00. The van der Waals surface area contributed by atoms with Crippen molar-refractivity contribution in [3.63, 3.8) is 0 Å². The molecule has 2 N–H and O–H groups in total. The number of methoxy groups -OCH3 is 1. The monoisotopic (exact) mass is 165 g/mol. The highest BCUT2D eigenvalue weighted by molar-refractivity contribution is 5.69. The van der Waals surface area contributed by atoms with E-state index >= 15 is 0 Å². The zero-order chi connectivity index (χ0) is 7.49. The van der Waals surface area contributed by atoms with Crippen LogP contribution in [0.2, 0.25) is 0 Å². The molecule has 0 aliphatic heterocycles. The first-order valence-corrected chi connectivity index (χ1v) is 3.11. The van der Waals surface area contributed by atoms with Crippen LogP contribution in [0.3, 0.4) is 0 Å². The van der Waals surface area contributed by atoms with Crippen molar-refractivity contribution < 1.29 is 22.6 Å². The molecule has 0 aliphatic carbocycles. The molecule has 0 amide bonds. The molecule has 0 saturated heterocycles. The summed E-state index contributed by atoms with van der Waals surface area (Å²) in [7, 11) is 1.60. The average molecular weight is 166 g/mol. The Balaban J connectivity index is 0. The smallest absolute Gasteiger partial charge is 0.333 e. The van der Waals surface area contributed by atoms with E-state index < -0.39 is 0 Å². The van der Waals surface area contributed by atoms with E-state index in [9.17, 15) is 0 Å². The minimum atomic E-state index is 0. The molecule has 2 nitrogen and oxygen atoms in total. The van der Waals surface area contributed by atoms with Gasteiger partial charge in [0.05, 0.1) is 13.5 Å². The molecule has 0 spiro atoms. The summed E-state index contributed by atoms with van der Waals surface area (Å²) in [5.41, 5.74) is 0.236.